The van der Waals surface area contributed by atoms with Crippen LogP contribution in [-0.4, -0.2) is 9.55 Å². The van der Waals surface area contributed by atoms with Crippen LogP contribution >= 0.6 is 0 Å². The molecule has 0 fully saturated rings. The minimum atomic E-state index is -0.851. The Morgan fingerprint density at radius 3 is 2.48 bits per heavy atom. The van der Waals surface area contributed by atoms with E-state index in [-0.39, 0.29) is 0 Å². The summed E-state index contributed by atoms with van der Waals surface area (Å²) in [7, 11) is 0. The van der Waals surface area contributed by atoms with Crippen LogP contribution in [0, 0.1) is 11.6 Å². The number of hydrogen-bond acceptors (Lipinski definition) is 2. The maximum absolute atomic E-state index is 13.1. The number of nitrogens with zero attached hydrogens (tertiary/aromatic N) is 2. The molecule has 0 saturated carbocycles. The fraction of sp³-hybridized carbons (Fsp3) is 0.0625. The van der Waals surface area contributed by atoms with Crippen molar-refractivity contribution in [3.05, 3.63) is 78.4 Å². The number of hydrogen-bond donors (Lipinski definition) is 1. The molecule has 106 valence electrons. The van der Waals surface area contributed by atoms with Crippen LogP contribution in [-0.2, 0) is 6.54 Å². The predicted molar refractivity (Wildman–Crippen MR) is 77.2 cm³/mol. The van der Waals surface area contributed by atoms with E-state index >= 15 is 0 Å². The predicted octanol–water partition coefficient (Wildman–Crippen LogP) is 3.76. The molecule has 0 bridgehead atoms. The van der Waals surface area contributed by atoms with Gasteiger partial charge in [-0.05, 0) is 29.8 Å². The number of aromatic nitrogens is 2. The highest BCUT2D eigenvalue weighted by Gasteiger charge is 2.02. The van der Waals surface area contributed by atoms with Gasteiger partial charge >= 0.3 is 0 Å². The summed E-state index contributed by atoms with van der Waals surface area (Å²) in [6, 6.07) is 11.7. The van der Waals surface area contributed by atoms with Crippen molar-refractivity contribution in [2.75, 3.05) is 5.32 Å². The lowest BCUT2D eigenvalue weighted by atomic mass is 10.2. The fourth-order valence-corrected chi connectivity index (χ4v) is 2.01. The minimum Gasteiger partial charge on any atom is -0.381 e. The second-order valence-corrected chi connectivity index (χ2v) is 4.62. The first-order valence-corrected chi connectivity index (χ1v) is 6.48. The van der Waals surface area contributed by atoms with E-state index in [1.165, 1.54) is 6.07 Å². The Kier molecular flexibility index (Phi) is 3.64. The Morgan fingerprint density at radius 2 is 1.81 bits per heavy atom. The van der Waals surface area contributed by atoms with Gasteiger partial charge in [0.15, 0.2) is 11.6 Å². The first-order valence-electron chi connectivity index (χ1n) is 6.48. The molecule has 0 aliphatic heterocycles. The van der Waals surface area contributed by atoms with Crippen molar-refractivity contribution in [3.63, 3.8) is 0 Å². The lowest BCUT2D eigenvalue weighted by Gasteiger charge is -2.08. The van der Waals surface area contributed by atoms with Crippen molar-refractivity contribution in [1.82, 2.24) is 9.55 Å². The van der Waals surface area contributed by atoms with Crippen LogP contribution in [0.15, 0.2) is 61.2 Å². The largest absolute Gasteiger partial charge is 0.381 e. The Hall–Kier alpha value is -2.69. The normalized spacial score (nSPS) is 10.6. The first kappa shape index (κ1) is 13.3. The topological polar surface area (TPSA) is 29.9 Å². The van der Waals surface area contributed by atoms with Crippen LogP contribution in [0.5, 0.6) is 0 Å². The third-order valence-corrected chi connectivity index (χ3v) is 3.16. The van der Waals surface area contributed by atoms with Gasteiger partial charge < -0.3 is 9.88 Å². The summed E-state index contributed by atoms with van der Waals surface area (Å²) >= 11 is 0. The van der Waals surface area contributed by atoms with Gasteiger partial charge in [-0.2, -0.15) is 0 Å². The van der Waals surface area contributed by atoms with Crippen LogP contribution in [0.3, 0.4) is 0 Å². The molecule has 1 N–H and O–H groups in total. The molecule has 0 aliphatic carbocycles. The summed E-state index contributed by atoms with van der Waals surface area (Å²) in [5, 5.41) is 3.06. The quantitative estimate of drug-likeness (QED) is 0.791. The molecule has 5 heteroatoms. The summed E-state index contributed by atoms with van der Waals surface area (Å²) < 4.78 is 27.8. The van der Waals surface area contributed by atoms with E-state index in [1.807, 2.05) is 35.0 Å². The number of halogens is 2. The van der Waals surface area contributed by atoms with Gasteiger partial charge in [0.05, 0.1) is 6.33 Å². The van der Waals surface area contributed by atoms with E-state index < -0.39 is 11.6 Å². The molecule has 0 atom stereocenters. The van der Waals surface area contributed by atoms with Gasteiger partial charge in [0, 0.05) is 36.4 Å². The highest BCUT2D eigenvalue weighted by atomic mass is 19.2. The molecule has 3 aromatic rings. The summed E-state index contributed by atoms with van der Waals surface area (Å²) in [5.41, 5.74) is 2.61. The molecule has 0 radical (unpaired) electrons. The van der Waals surface area contributed by atoms with Gasteiger partial charge in [-0.25, -0.2) is 13.8 Å². The lowest BCUT2D eigenvalue weighted by Crippen LogP contribution is -2.00. The van der Waals surface area contributed by atoms with Gasteiger partial charge in [-0.3, -0.25) is 0 Å². The zero-order chi connectivity index (χ0) is 14.7. The molecule has 3 nitrogen and oxygen atoms in total. The van der Waals surface area contributed by atoms with Crippen molar-refractivity contribution in [1.29, 1.82) is 0 Å². The summed E-state index contributed by atoms with van der Waals surface area (Å²) in [6.45, 7) is 0.537. The molecule has 0 aliphatic rings. The fourth-order valence-electron chi connectivity index (χ4n) is 2.01. The van der Waals surface area contributed by atoms with Crippen LogP contribution < -0.4 is 5.32 Å². The molecule has 1 aromatic heterocycles. The zero-order valence-electron chi connectivity index (χ0n) is 11.1. The van der Waals surface area contributed by atoms with Gasteiger partial charge in [0.25, 0.3) is 0 Å². The molecule has 2 aromatic carbocycles. The van der Waals surface area contributed by atoms with Crippen LogP contribution in [0.1, 0.15) is 5.56 Å². The van der Waals surface area contributed by atoms with Crippen LogP contribution in [0.4, 0.5) is 14.5 Å². The Bertz CT molecular complexity index is 722. The van der Waals surface area contributed by atoms with Gasteiger partial charge in [-0.1, -0.05) is 12.1 Å². The minimum absolute atomic E-state index is 0.537. The van der Waals surface area contributed by atoms with Crippen LogP contribution in [0.25, 0.3) is 5.69 Å². The SMILES string of the molecule is Fc1ccc(NCc2ccc(-n3ccnc3)cc2)cc1F. The number of nitrogens with one attached hydrogen (secondary N) is 1. The molecule has 0 spiro atoms. The highest BCUT2D eigenvalue weighted by Crippen LogP contribution is 2.15. The molecule has 0 saturated heterocycles. The van der Waals surface area contributed by atoms with E-state index in [9.17, 15) is 8.78 Å². The van der Waals surface area contributed by atoms with E-state index in [1.54, 1.807) is 12.5 Å². The molecule has 0 amide bonds. The van der Waals surface area contributed by atoms with E-state index in [0.29, 0.717) is 12.2 Å². The Balaban J connectivity index is 1.66. The number of imidazole rings is 1. The van der Waals surface area contributed by atoms with Crippen molar-refractivity contribution >= 4 is 5.69 Å². The average Bonchev–Trinajstić information content (AvgIpc) is 3.03. The molecule has 1 heterocycles. The van der Waals surface area contributed by atoms with Crippen molar-refractivity contribution < 1.29 is 8.78 Å². The monoisotopic (exact) mass is 285 g/mol. The number of rotatable bonds is 4. The smallest absolute Gasteiger partial charge is 0.160 e. The Morgan fingerprint density at radius 1 is 1.00 bits per heavy atom. The van der Waals surface area contributed by atoms with Gasteiger partial charge in [0.2, 0.25) is 0 Å². The summed E-state index contributed by atoms with van der Waals surface area (Å²) in [4.78, 5) is 4.00. The van der Waals surface area contributed by atoms with Crippen molar-refractivity contribution in [2.45, 2.75) is 6.54 Å². The van der Waals surface area contributed by atoms with E-state index in [0.717, 1.165) is 23.4 Å². The van der Waals surface area contributed by atoms with Crippen LogP contribution in [0.2, 0.25) is 0 Å². The zero-order valence-corrected chi connectivity index (χ0v) is 11.1. The van der Waals surface area contributed by atoms with E-state index in [4.69, 9.17) is 0 Å². The molecule has 0 unspecified atom stereocenters. The maximum Gasteiger partial charge on any atom is 0.160 e. The molecule has 21 heavy (non-hydrogen) atoms. The molecular formula is C16H13F2N3. The molecule has 3 rings (SSSR count). The van der Waals surface area contributed by atoms with Crippen molar-refractivity contribution in [2.24, 2.45) is 0 Å². The summed E-state index contributed by atoms with van der Waals surface area (Å²) in [6.07, 6.45) is 5.32. The number of benzene rings is 2. The number of anilines is 1. The second-order valence-electron chi connectivity index (χ2n) is 4.62. The third kappa shape index (κ3) is 3.08. The molecular weight excluding hydrogens is 272 g/mol. The lowest BCUT2D eigenvalue weighted by molar-refractivity contribution is 0.509. The standard InChI is InChI=1S/C16H13F2N3/c17-15-6-3-13(9-16(15)18)20-10-12-1-4-14(5-2-12)21-8-7-19-11-21/h1-9,11,20H,10H2. The summed E-state index contributed by atoms with van der Waals surface area (Å²) in [5.74, 6) is -1.69. The van der Waals surface area contributed by atoms with Gasteiger partial charge in [-0.15, -0.1) is 0 Å². The third-order valence-electron chi connectivity index (χ3n) is 3.16. The highest BCUT2D eigenvalue weighted by molar-refractivity contribution is 5.44. The Labute approximate surface area is 120 Å². The first-order chi connectivity index (χ1) is 10.2. The van der Waals surface area contributed by atoms with E-state index in [2.05, 4.69) is 10.3 Å². The second kappa shape index (κ2) is 5.75. The average molecular weight is 285 g/mol. The van der Waals surface area contributed by atoms with Crippen molar-refractivity contribution in [3.8, 4) is 5.69 Å². The van der Waals surface area contributed by atoms with Gasteiger partial charge in [0.1, 0.15) is 0 Å². The maximum atomic E-state index is 13.1.